The van der Waals surface area contributed by atoms with Crippen molar-refractivity contribution < 1.29 is 28.5 Å². The highest BCUT2D eigenvalue weighted by Crippen LogP contribution is 2.49. The first-order valence-electron chi connectivity index (χ1n) is 10.0. The van der Waals surface area contributed by atoms with Gasteiger partial charge in [0, 0.05) is 17.3 Å². The first-order valence-corrected chi connectivity index (χ1v) is 10.0. The molecule has 164 valence electrons. The number of nitrogens with one attached hydrogen (secondary N) is 1. The van der Waals surface area contributed by atoms with Gasteiger partial charge in [0.2, 0.25) is 5.75 Å². The van der Waals surface area contributed by atoms with Crippen LogP contribution < -0.4 is 24.3 Å². The second-order valence-corrected chi connectivity index (χ2v) is 7.20. The van der Waals surface area contributed by atoms with Gasteiger partial charge in [0.1, 0.15) is 17.4 Å². The number of carbonyl (C=O) groups is 2. The van der Waals surface area contributed by atoms with Gasteiger partial charge in [-0.05, 0) is 29.8 Å². The molecule has 32 heavy (non-hydrogen) atoms. The molecule has 1 heterocycles. The van der Waals surface area contributed by atoms with E-state index < -0.39 is 6.10 Å². The minimum atomic E-state index is -0.553. The highest BCUT2D eigenvalue weighted by atomic mass is 16.5. The number of amides is 1. The molecule has 1 aliphatic heterocycles. The largest absolute Gasteiger partial charge is 0.493 e. The number of rotatable bonds is 6. The maximum absolute atomic E-state index is 13.0. The number of ether oxygens (including phenoxy) is 4. The van der Waals surface area contributed by atoms with Crippen LogP contribution in [0.5, 0.6) is 23.0 Å². The monoisotopic (exact) mass is 433 g/mol. The van der Waals surface area contributed by atoms with E-state index >= 15 is 0 Å². The van der Waals surface area contributed by atoms with Gasteiger partial charge in [-0.25, -0.2) is 0 Å². The fourth-order valence-corrected chi connectivity index (χ4v) is 3.75. The van der Waals surface area contributed by atoms with E-state index in [9.17, 15) is 9.59 Å². The number of para-hydroxylation sites is 1. The van der Waals surface area contributed by atoms with Crippen LogP contribution in [-0.4, -0.2) is 33.0 Å². The molecule has 4 rings (SSSR count). The SMILES string of the molecule is COc1cc2c(c(OC)c1OC)C(=O)CC(c1cccc(C(=O)Nc3ccccc3)c1)O2. The average Bonchev–Trinajstić information content (AvgIpc) is 2.83. The molecule has 0 bridgehead atoms. The average molecular weight is 433 g/mol. The van der Waals surface area contributed by atoms with E-state index in [1.165, 1.54) is 21.3 Å². The second-order valence-electron chi connectivity index (χ2n) is 7.20. The summed E-state index contributed by atoms with van der Waals surface area (Å²) in [4.78, 5) is 25.7. The van der Waals surface area contributed by atoms with E-state index in [1.807, 2.05) is 36.4 Å². The number of fused-ring (bicyclic) bond motifs is 1. The Balaban J connectivity index is 1.64. The predicted molar refractivity (Wildman–Crippen MR) is 119 cm³/mol. The molecule has 3 aromatic carbocycles. The van der Waals surface area contributed by atoms with E-state index in [0.717, 1.165) is 5.56 Å². The summed E-state index contributed by atoms with van der Waals surface area (Å²) in [6.07, 6.45) is -0.454. The van der Waals surface area contributed by atoms with Gasteiger partial charge in [-0.2, -0.15) is 0 Å². The Morgan fingerprint density at radius 3 is 2.38 bits per heavy atom. The van der Waals surface area contributed by atoms with Crippen molar-refractivity contribution in [1.82, 2.24) is 0 Å². The second kappa shape index (κ2) is 9.01. The summed E-state index contributed by atoms with van der Waals surface area (Å²) >= 11 is 0. The highest BCUT2D eigenvalue weighted by molar-refractivity contribution is 6.05. The fraction of sp³-hybridized carbons (Fsp3) is 0.200. The summed E-state index contributed by atoms with van der Waals surface area (Å²) in [6.45, 7) is 0. The molecule has 0 saturated carbocycles. The number of methoxy groups -OCH3 is 3. The third-order valence-corrected chi connectivity index (χ3v) is 5.26. The van der Waals surface area contributed by atoms with Crippen LogP contribution in [0, 0.1) is 0 Å². The fourth-order valence-electron chi connectivity index (χ4n) is 3.75. The molecule has 0 saturated heterocycles. The minimum Gasteiger partial charge on any atom is -0.493 e. The Kier molecular flexibility index (Phi) is 5.98. The van der Waals surface area contributed by atoms with Crippen LogP contribution in [0.1, 0.15) is 38.8 Å². The maximum atomic E-state index is 13.0. The van der Waals surface area contributed by atoms with Gasteiger partial charge in [-0.15, -0.1) is 0 Å². The first-order chi connectivity index (χ1) is 15.5. The summed E-state index contributed by atoms with van der Waals surface area (Å²) in [5.74, 6) is 0.972. The summed E-state index contributed by atoms with van der Waals surface area (Å²) in [5, 5.41) is 2.86. The van der Waals surface area contributed by atoms with Crippen LogP contribution in [0.4, 0.5) is 5.69 Å². The molecule has 3 aromatic rings. The van der Waals surface area contributed by atoms with E-state index in [4.69, 9.17) is 18.9 Å². The Morgan fingerprint density at radius 1 is 0.938 bits per heavy atom. The quantitative estimate of drug-likeness (QED) is 0.608. The zero-order valence-electron chi connectivity index (χ0n) is 18.0. The van der Waals surface area contributed by atoms with Gasteiger partial charge in [0.15, 0.2) is 17.3 Å². The molecule has 1 unspecified atom stereocenters. The molecule has 0 fully saturated rings. The lowest BCUT2D eigenvalue weighted by atomic mass is 9.94. The third kappa shape index (κ3) is 3.97. The first kappa shape index (κ1) is 21.2. The van der Waals surface area contributed by atoms with Crippen LogP contribution in [0.25, 0.3) is 0 Å². The molecule has 7 nitrogen and oxygen atoms in total. The smallest absolute Gasteiger partial charge is 0.255 e. The standard InChI is InChI=1S/C25H23NO6/c1-29-21-14-20-22(24(31-3)23(21)30-2)18(27)13-19(32-20)15-8-7-9-16(12-15)25(28)26-17-10-5-4-6-11-17/h4-12,14,19H,13H2,1-3H3,(H,26,28). The van der Waals surface area contributed by atoms with Crippen molar-refractivity contribution >= 4 is 17.4 Å². The molecule has 7 heteroatoms. The van der Waals surface area contributed by atoms with E-state index in [2.05, 4.69) is 5.32 Å². The van der Waals surface area contributed by atoms with Crippen LogP contribution in [0.15, 0.2) is 60.7 Å². The molecule has 1 amide bonds. The van der Waals surface area contributed by atoms with Crippen LogP contribution in [0.2, 0.25) is 0 Å². The molecular formula is C25H23NO6. The van der Waals surface area contributed by atoms with E-state index in [-0.39, 0.29) is 23.9 Å². The number of benzene rings is 3. The predicted octanol–water partition coefficient (Wildman–Crippen LogP) is 4.67. The van der Waals surface area contributed by atoms with Gasteiger partial charge in [-0.3, -0.25) is 9.59 Å². The zero-order valence-corrected chi connectivity index (χ0v) is 18.0. The van der Waals surface area contributed by atoms with Crippen molar-refractivity contribution in [3.63, 3.8) is 0 Å². The van der Waals surface area contributed by atoms with Crippen molar-refractivity contribution in [2.75, 3.05) is 26.6 Å². The summed E-state index contributed by atoms with van der Waals surface area (Å²) in [7, 11) is 4.45. The molecule has 1 N–H and O–H groups in total. The van der Waals surface area contributed by atoms with Gasteiger partial charge in [0.05, 0.1) is 27.8 Å². The normalized spacial score (nSPS) is 14.7. The lowest BCUT2D eigenvalue weighted by Crippen LogP contribution is -2.22. The van der Waals surface area contributed by atoms with Crippen LogP contribution in [-0.2, 0) is 0 Å². The number of hydrogen-bond acceptors (Lipinski definition) is 6. The molecule has 0 spiro atoms. The van der Waals surface area contributed by atoms with Gasteiger partial charge in [-0.1, -0.05) is 30.3 Å². The van der Waals surface area contributed by atoms with Crippen molar-refractivity contribution in [3.05, 3.63) is 77.4 Å². The molecular weight excluding hydrogens is 410 g/mol. The number of carbonyl (C=O) groups excluding carboxylic acids is 2. The van der Waals surface area contributed by atoms with Crippen molar-refractivity contribution in [2.24, 2.45) is 0 Å². The lowest BCUT2D eigenvalue weighted by molar-refractivity contribution is 0.0842. The van der Waals surface area contributed by atoms with Gasteiger partial charge in [0.25, 0.3) is 5.91 Å². The Bertz CT molecular complexity index is 1160. The maximum Gasteiger partial charge on any atom is 0.255 e. The van der Waals surface area contributed by atoms with E-state index in [0.29, 0.717) is 34.1 Å². The summed E-state index contributed by atoms with van der Waals surface area (Å²) in [5.41, 5.74) is 2.21. The molecule has 0 radical (unpaired) electrons. The minimum absolute atomic E-state index is 0.0998. The topological polar surface area (TPSA) is 83.1 Å². The molecule has 1 aliphatic rings. The highest BCUT2D eigenvalue weighted by Gasteiger charge is 2.34. The van der Waals surface area contributed by atoms with Gasteiger partial charge < -0.3 is 24.3 Å². The third-order valence-electron chi connectivity index (χ3n) is 5.26. The van der Waals surface area contributed by atoms with Crippen molar-refractivity contribution in [3.8, 4) is 23.0 Å². The van der Waals surface area contributed by atoms with Gasteiger partial charge >= 0.3 is 0 Å². The number of ketones is 1. The number of Topliss-reactive ketones (excluding diaryl/α,β-unsaturated/α-hetero) is 1. The summed E-state index contributed by atoms with van der Waals surface area (Å²) in [6, 6.07) is 17.9. The van der Waals surface area contributed by atoms with Crippen molar-refractivity contribution in [1.29, 1.82) is 0 Å². The zero-order chi connectivity index (χ0) is 22.7. The Labute approximate surface area is 185 Å². The Morgan fingerprint density at radius 2 is 1.69 bits per heavy atom. The molecule has 1 atom stereocenters. The van der Waals surface area contributed by atoms with Crippen molar-refractivity contribution in [2.45, 2.75) is 12.5 Å². The summed E-state index contributed by atoms with van der Waals surface area (Å²) < 4.78 is 22.3. The van der Waals surface area contributed by atoms with Crippen LogP contribution in [0.3, 0.4) is 0 Å². The Hall–Kier alpha value is -4.00. The lowest BCUT2D eigenvalue weighted by Gasteiger charge is -2.28. The number of anilines is 1. The van der Waals surface area contributed by atoms with Crippen LogP contribution >= 0.6 is 0 Å². The number of hydrogen-bond donors (Lipinski definition) is 1. The van der Waals surface area contributed by atoms with E-state index in [1.54, 1.807) is 24.3 Å². The molecule has 0 aliphatic carbocycles. The molecule has 0 aromatic heterocycles.